The Morgan fingerprint density at radius 3 is 2.78 bits per heavy atom. The molecule has 0 saturated carbocycles. The summed E-state index contributed by atoms with van der Waals surface area (Å²) in [4.78, 5) is 11.5. The number of H-pyrrole nitrogens is 1. The lowest BCUT2D eigenvalue weighted by atomic mass is 10.2. The topological polar surface area (TPSA) is 92.8 Å². The number of aromatic amines is 1. The number of anilines is 1. The number of rotatable bonds is 4. The highest BCUT2D eigenvalue weighted by Crippen LogP contribution is 2.12. The predicted molar refractivity (Wildman–Crippen MR) is 64.8 cm³/mol. The minimum Gasteiger partial charge on any atom is -0.497 e. The van der Waals surface area contributed by atoms with Crippen LogP contribution in [-0.2, 0) is 4.79 Å². The normalized spacial score (nSPS) is 10.5. The highest BCUT2D eigenvalue weighted by molar-refractivity contribution is 6.00. The highest BCUT2D eigenvalue weighted by Gasteiger charge is 2.00. The number of carbonyl (C=O) groups is 1. The van der Waals surface area contributed by atoms with Gasteiger partial charge >= 0.3 is 0 Å². The molecule has 0 radical (unpaired) electrons. The predicted octanol–water partition coefficient (Wildman–Crippen LogP) is 0.860. The number of nitrogens with one attached hydrogen (secondary N) is 2. The summed E-state index contributed by atoms with van der Waals surface area (Å²) in [5, 5.41) is 15.2. The molecule has 0 unspecified atom stereocenters. The minimum absolute atomic E-state index is 0.138. The molecule has 0 atom stereocenters. The lowest BCUT2D eigenvalue weighted by molar-refractivity contribution is -0.111. The largest absolute Gasteiger partial charge is 0.497 e. The van der Waals surface area contributed by atoms with Gasteiger partial charge in [-0.05, 0) is 29.0 Å². The maximum atomic E-state index is 11.5. The van der Waals surface area contributed by atoms with E-state index in [0.717, 1.165) is 11.3 Å². The summed E-state index contributed by atoms with van der Waals surface area (Å²) >= 11 is 0. The third kappa shape index (κ3) is 3.14. The lowest BCUT2D eigenvalue weighted by Gasteiger charge is -1.99. The van der Waals surface area contributed by atoms with E-state index in [0.29, 0.717) is 0 Å². The fraction of sp³-hybridized carbons (Fsp3) is 0.0909. The Morgan fingerprint density at radius 2 is 2.17 bits per heavy atom. The summed E-state index contributed by atoms with van der Waals surface area (Å²) in [6.45, 7) is 0. The number of aromatic nitrogens is 4. The first kappa shape index (κ1) is 11.8. The van der Waals surface area contributed by atoms with Crippen LogP contribution < -0.4 is 10.1 Å². The molecular formula is C11H11N5O2. The molecule has 0 aliphatic rings. The molecule has 92 valence electrons. The molecule has 0 aliphatic carbocycles. The van der Waals surface area contributed by atoms with Crippen molar-refractivity contribution in [3.63, 3.8) is 0 Å². The Balaban J connectivity index is 1.95. The van der Waals surface area contributed by atoms with Crippen molar-refractivity contribution in [2.24, 2.45) is 0 Å². The number of benzene rings is 1. The molecule has 2 rings (SSSR count). The number of ether oxygens (including phenoxy) is 1. The molecule has 0 spiro atoms. The van der Waals surface area contributed by atoms with Crippen LogP contribution in [0, 0.1) is 0 Å². The van der Waals surface area contributed by atoms with E-state index in [2.05, 4.69) is 25.9 Å². The molecule has 7 heteroatoms. The maximum absolute atomic E-state index is 11.5. The van der Waals surface area contributed by atoms with E-state index in [1.54, 1.807) is 13.2 Å². The van der Waals surface area contributed by atoms with Gasteiger partial charge in [0.05, 0.1) is 7.11 Å². The quantitative estimate of drug-likeness (QED) is 0.779. The maximum Gasteiger partial charge on any atom is 0.270 e. The van der Waals surface area contributed by atoms with Crippen LogP contribution in [0.15, 0.2) is 30.3 Å². The first-order valence-electron chi connectivity index (χ1n) is 5.14. The van der Waals surface area contributed by atoms with Crippen molar-refractivity contribution in [3.05, 3.63) is 35.9 Å². The lowest BCUT2D eigenvalue weighted by Crippen LogP contribution is -2.09. The smallest absolute Gasteiger partial charge is 0.270 e. The minimum atomic E-state index is -0.327. The van der Waals surface area contributed by atoms with Crippen molar-refractivity contribution in [2.75, 3.05) is 12.4 Å². The van der Waals surface area contributed by atoms with Crippen molar-refractivity contribution < 1.29 is 9.53 Å². The second-order valence-corrected chi connectivity index (χ2v) is 3.33. The molecule has 7 nitrogen and oxygen atoms in total. The van der Waals surface area contributed by atoms with Gasteiger partial charge in [-0.2, -0.15) is 5.21 Å². The summed E-state index contributed by atoms with van der Waals surface area (Å²) in [5.41, 5.74) is 0.888. The van der Waals surface area contributed by atoms with Crippen molar-refractivity contribution >= 4 is 17.9 Å². The molecule has 0 fully saturated rings. The number of nitrogens with zero attached hydrogens (tertiary/aromatic N) is 3. The molecule has 0 aliphatic heterocycles. The second kappa shape index (κ2) is 5.58. The second-order valence-electron chi connectivity index (χ2n) is 3.33. The van der Waals surface area contributed by atoms with Crippen molar-refractivity contribution in [3.8, 4) is 5.75 Å². The van der Waals surface area contributed by atoms with Crippen molar-refractivity contribution in [1.82, 2.24) is 20.6 Å². The van der Waals surface area contributed by atoms with Crippen LogP contribution in [0.4, 0.5) is 5.95 Å². The Hall–Kier alpha value is -2.70. The standard InChI is InChI=1S/C11H11N5O2/c1-18-9-5-2-8(3-6-9)4-7-10(17)12-11-13-15-16-14-11/h2-7H,1H3,(H2,12,13,14,15,16,17). The number of carbonyl (C=O) groups excluding carboxylic acids is 1. The summed E-state index contributed by atoms with van der Waals surface area (Å²) in [6.07, 6.45) is 3.06. The van der Waals surface area contributed by atoms with Gasteiger partial charge < -0.3 is 4.74 Å². The molecule has 1 amide bonds. The highest BCUT2D eigenvalue weighted by atomic mass is 16.5. The fourth-order valence-corrected chi connectivity index (χ4v) is 1.25. The van der Waals surface area contributed by atoms with Gasteiger partial charge in [-0.25, -0.2) is 0 Å². The summed E-state index contributed by atoms with van der Waals surface area (Å²) < 4.78 is 5.03. The molecule has 2 N–H and O–H groups in total. The van der Waals surface area contributed by atoms with Gasteiger partial charge in [-0.3, -0.25) is 10.1 Å². The third-order valence-corrected chi connectivity index (χ3v) is 2.12. The summed E-state index contributed by atoms with van der Waals surface area (Å²) in [7, 11) is 1.60. The van der Waals surface area contributed by atoms with Crippen molar-refractivity contribution in [1.29, 1.82) is 0 Å². The molecule has 2 aromatic rings. The van der Waals surface area contributed by atoms with E-state index in [4.69, 9.17) is 4.74 Å². The molecule has 1 heterocycles. The number of amides is 1. The molecular weight excluding hydrogens is 234 g/mol. The first-order valence-corrected chi connectivity index (χ1v) is 5.14. The van der Waals surface area contributed by atoms with E-state index in [1.165, 1.54) is 6.08 Å². The number of hydrogen-bond donors (Lipinski definition) is 2. The SMILES string of the molecule is COc1ccc(C=CC(=O)Nc2nn[nH]n2)cc1. The zero-order chi connectivity index (χ0) is 12.8. The fourth-order valence-electron chi connectivity index (χ4n) is 1.25. The van der Waals surface area contributed by atoms with Gasteiger partial charge in [0.2, 0.25) is 0 Å². The zero-order valence-electron chi connectivity index (χ0n) is 9.62. The van der Waals surface area contributed by atoms with Crippen LogP contribution in [0.25, 0.3) is 6.08 Å². The van der Waals surface area contributed by atoms with E-state index in [1.807, 2.05) is 24.3 Å². The van der Waals surface area contributed by atoms with Crippen LogP contribution in [0.2, 0.25) is 0 Å². The van der Waals surface area contributed by atoms with Gasteiger partial charge in [-0.1, -0.05) is 17.2 Å². The molecule has 18 heavy (non-hydrogen) atoms. The van der Waals surface area contributed by atoms with Crippen LogP contribution in [0.1, 0.15) is 5.56 Å². The van der Waals surface area contributed by atoms with E-state index >= 15 is 0 Å². The Kier molecular flexibility index (Phi) is 3.65. The molecule has 1 aromatic carbocycles. The van der Waals surface area contributed by atoms with Crippen LogP contribution in [-0.4, -0.2) is 33.6 Å². The summed E-state index contributed by atoms with van der Waals surface area (Å²) in [6, 6.07) is 7.32. The Labute approximate surface area is 103 Å². The average molecular weight is 245 g/mol. The van der Waals surface area contributed by atoms with E-state index < -0.39 is 0 Å². The van der Waals surface area contributed by atoms with Crippen LogP contribution in [0.5, 0.6) is 5.75 Å². The van der Waals surface area contributed by atoms with Gasteiger partial charge in [0.1, 0.15) is 5.75 Å². The van der Waals surface area contributed by atoms with Gasteiger partial charge in [-0.15, -0.1) is 5.10 Å². The van der Waals surface area contributed by atoms with Gasteiger partial charge in [0.25, 0.3) is 11.9 Å². The molecule has 0 bridgehead atoms. The van der Waals surface area contributed by atoms with Gasteiger partial charge in [0.15, 0.2) is 0 Å². The zero-order valence-corrected chi connectivity index (χ0v) is 9.62. The van der Waals surface area contributed by atoms with Crippen LogP contribution >= 0.6 is 0 Å². The molecule has 0 saturated heterocycles. The Bertz CT molecular complexity index is 533. The van der Waals surface area contributed by atoms with E-state index in [9.17, 15) is 4.79 Å². The monoisotopic (exact) mass is 245 g/mol. The summed E-state index contributed by atoms with van der Waals surface area (Å²) in [5.74, 6) is 0.579. The molecule has 1 aromatic heterocycles. The van der Waals surface area contributed by atoms with Gasteiger partial charge in [0, 0.05) is 6.08 Å². The van der Waals surface area contributed by atoms with Crippen LogP contribution in [0.3, 0.4) is 0 Å². The first-order chi connectivity index (χ1) is 8.78. The van der Waals surface area contributed by atoms with Crippen molar-refractivity contribution in [2.45, 2.75) is 0 Å². The average Bonchev–Trinajstić information content (AvgIpc) is 2.90. The number of methoxy groups -OCH3 is 1. The third-order valence-electron chi connectivity index (χ3n) is 2.12. The van der Waals surface area contributed by atoms with E-state index in [-0.39, 0.29) is 11.9 Å². The number of hydrogen-bond acceptors (Lipinski definition) is 5. The Morgan fingerprint density at radius 1 is 1.39 bits per heavy atom. The number of tetrazole rings is 1.